The van der Waals surface area contributed by atoms with Crippen molar-refractivity contribution >= 4 is 17.7 Å². The van der Waals surface area contributed by atoms with Crippen LogP contribution in [0.25, 0.3) is 6.08 Å². The third-order valence-electron chi connectivity index (χ3n) is 6.23. The molecule has 0 spiro atoms. The Labute approximate surface area is 196 Å². The molecular weight excluding hydrogens is 441 g/mol. The van der Waals surface area contributed by atoms with Gasteiger partial charge in [0, 0.05) is 18.3 Å². The van der Waals surface area contributed by atoms with Crippen LogP contribution in [0.4, 0.5) is 18.9 Å². The number of nitrogens with zero attached hydrogens (tertiary/aromatic N) is 1. The molecule has 4 nitrogen and oxygen atoms in total. The van der Waals surface area contributed by atoms with Crippen molar-refractivity contribution in [3.63, 3.8) is 0 Å². The van der Waals surface area contributed by atoms with E-state index in [9.17, 15) is 23.1 Å². The molecular formula is C27H25F3N2O2. The number of carbonyl (C=O) groups excluding carboxylic acids is 1. The van der Waals surface area contributed by atoms with Gasteiger partial charge in [0.15, 0.2) is 0 Å². The number of nitrogens with one attached hydrogen (secondary N) is 1. The Morgan fingerprint density at radius 2 is 1.82 bits per heavy atom. The molecule has 1 amide bonds. The number of hydrogen-bond donors (Lipinski definition) is 2. The second-order valence-corrected chi connectivity index (χ2v) is 8.38. The zero-order valence-electron chi connectivity index (χ0n) is 18.6. The second kappa shape index (κ2) is 9.63. The fraction of sp³-hybridized carbons (Fsp3) is 0.222. The van der Waals surface area contributed by atoms with Crippen molar-refractivity contribution in [3.05, 3.63) is 101 Å². The minimum atomic E-state index is -2.60. The number of anilines is 1. The van der Waals surface area contributed by atoms with Crippen molar-refractivity contribution in [2.24, 2.45) is 0 Å². The number of benzene rings is 3. The van der Waals surface area contributed by atoms with Crippen molar-refractivity contribution in [3.8, 4) is 5.75 Å². The second-order valence-electron chi connectivity index (χ2n) is 8.38. The third kappa shape index (κ3) is 4.78. The van der Waals surface area contributed by atoms with Crippen LogP contribution in [0.2, 0.25) is 0 Å². The highest BCUT2D eigenvalue weighted by molar-refractivity contribution is 5.91. The molecule has 1 aliphatic rings. The van der Waals surface area contributed by atoms with Crippen molar-refractivity contribution in [1.29, 1.82) is 0 Å². The minimum absolute atomic E-state index is 0.210. The van der Waals surface area contributed by atoms with E-state index in [-0.39, 0.29) is 11.6 Å². The first kappa shape index (κ1) is 23.4. The third-order valence-corrected chi connectivity index (χ3v) is 6.23. The Morgan fingerprint density at radius 1 is 1.12 bits per heavy atom. The predicted octanol–water partition coefficient (Wildman–Crippen LogP) is 5.25. The van der Waals surface area contributed by atoms with Crippen LogP contribution in [0.1, 0.15) is 29.2 Å². The predicted molar refractivity (Wildman–Crippen MR) is 127 cm³/mol. The number of fused-ring (bicyclic) bond motifs is 1. The molecule has 0 aromatic heterocycles. The molecule has 3 aromatic carbocycles. The molecule has 1 unspecified atom stereocenters. The molecule has 7 heteroatoms. The molecule has 2 N–H and O–H groups in total. The van der Waals surface area contributed by atoms with E-state index in [1.807, 2.05) is 30.3 Å². The molecule has 0 radical (unpaired) electrons. The molecule has 0 aliphatic carbocycles. The first-order valence-corrected chi connectivity index (χ1v) is 11.0. The van der Waals surface area contributed by atoms with E-state index in [0.29, 0.717) is 6.54 Å². The number of aromatic hydroxyl groups is 1. The van der Waals surface area contributed by atoms with E-state index < -0.39 is 24.4 Å². The van der Waals surface area contributed by atoms with Crippen LogP contribution in [0.15, 0.2) is 72.8 Å². The fourth-order valence-electron chi connectivity index (χ4n) is 4.51. The van der Waals surface area contributed by atoms with Gasteiger partial charge in [-0.25, -0.2) is 13.2 Å². The number of halogens is 3. The van der Waals surface area contributed by atoms with Gasteiger partial charge in [0.1, 0.15) is 11.6 Å². The smallest absolute Gasteiger partial charge is 0.255 e. The van der Waals surface area contributed by atoms with Crippen LogP contribution in [0.3, 0.4) is 0 Å². The lowest BCUT2D eigenvalue weighted by Crippen LogP contribution is -2.49. The topological polar surface area (TPSA) is 52.6 Å². The Morgan fingerprint density at radius 3 is 2.50 bits per heavy atom. The summed E-state index contributed by atoms with van der Waals surface area (Å²) in [5.74, 6) is -0.678. The molecule has 0 fully saturated rings. The van der Waals surface area contributed by atoms with Crippen LogP contribution in [-0.2, 0) is 16.8 Å². The highest BCUT2D eigenvalue weighted by atomic mass is 19.3. The number of hydrogen-bond acceptors (Lipinski definition) is 3. The Bertz CT molecular complexity index is 1190. The summed E-state index contributed by atoms with van der Waals surface area (Å²) in [6, 6.07) is 19.4. The summed E-state index contributed by atoms with van der Waals surface area (Å²) in [6.07, 6.45) is 0.924. The van der Waals surface area contributed by atoms with Gasteiger partial charge in [-0.3, -0.25) is 4.79 Å². The maximum absolute atomic E-state index is 13.6. The summed E-state index contributed by atoms with van der Waals surface area (Å²) >= 11 is 0. The molecule has 4 rings (SSSR count). The lowest BCUT2D eigenvalue weighted by Gasteiger charge is -2.48. The van der Waals surface area contributed by atoms with Crippen LogP contribution in [0.5, 0.6) is 5.75 Å². The van der Waals surface area contributed by atoms with Gasteiger partial charge >= 0.3 is 0 Å². The Balaban J connectivity index is 1.68. The summed E-state index contributed by atoms with van der Waals surface area (Å²) in [7, 11) is 0. The quantitative estimate of drug-likeness (QED) is 0.488. The van der Waals surface area contributed by atoms with E-state index in [4.69, 9.17) is 0 Å². The highest BCUT2D eigenvalue weighted by Crippen LogP contribution is 2.44. The van der Waals surface area contributed by atoms with Gasteiger partial charge in [0.2, 0.25) is 5.91 Å². The van der Waals surface area contributed by atoms with Gasteiger partial charge in [-0.05, 0) is 78.1 Å². The van der Waals surface area contributed by atoms with E-state index in [0.717, 1.165) is 34.4 Å². The van der Waals surface area contributed by atoms with E-state index in [1.54, 1.807) is 30.3 Å². The molecule has 1 atom stereocenters. The molecule has 1 heterocycles. The lowest BCUT2D eigenvalue weighted by molar-refractivity contribution is -0.117. The monoisotopic (exact) mass is 466 g/mol. The van der Waals surface area contributed by atoms with Crippen molar-refractivity contribution in [2.45, 2.75) is 25.3 Å². The molecule has 34 heavy (non-hydrogen) atoms. The van der Waals surface area contributed by atoms with Crippen LogP contribution < -0.4 is 10.2 Å². The maximum Gasteiger partial charge on any atom is 0.255 e. The molecule has 0 saturated heterocycles. The van der Waals surface area contributed by atoms with Gasteiger partial charge in [-0.1, -0.05) is 30.3 Å². The first-order chi connectivity index (χ1) is 16.3. The average Bonchev–Trinajstić information content (AvgIpc) is 2.82. The largest absolute Gasteiger partial charge is 0.508 e. The zero-order valence-corrected chi connectivity index (χ0v) is 18.6. The number of alkyl halides is 2. The Hall–Kier alpha value is -3.74. The lowest BCUT2D eigenvalue weighted by atomic mass is 9.76. The average molecular weight is 467 g/mol. The Kier molecular flexibility index (Phi) is 6.63. The summed E-state index contributed by atoms with van der Waals surface area (Å²) in [6.45, 7) is 2.08. The molecule has 0 saturated carbocycles. The maximum atomic E-state index is 13.6. The molecule has 3 aromatic rings. The highest BCUT2D eigenvalue weighted by Gasteiger charge is 2.40. The van der Waals surface area contributed by atoms with Gasteiger partial charge in [0.05, 0.1) is 12.1 Å². The standard InChI is InChI=1S/C27H25F3N2O2/c1-27(20-5-2-18(3-6-20)4-13-26(34)31-17-25(29)30)24-12-11-23(33)16-19(24)14-15-32(27)22-9-7-21(28)8-10-22/h2-13,16,25,33H,14-15,17H2,1H3,(H,31,34). The number of rotatable bonds is 6. The normalized spacial score (nSPS) is 17.7. The van der Waals surface area contributed by atoms with Gasteiger partial charge in [0.25, 0.3) is 6.43 Å². The minimum Gasteiger partial charge on any atom is -0.508 e. The van der Waals surface area contributed by atoms with Crippen LogP contribution in [0, 0.1) is 5.82 Å². The molecule has 176 valence electrons. The number of amides is 1. The van der Waals surface area contributed by atoms with Crippen LogP contribution in [-0.4, -0.2) is 30.5 Å². The van der Waals surface area contributed by atoms with Crippen molar-refractivity contribution < 1.29 is 23.1 Å². The fourth-order valence-corrected chi connectivity index (χ4v) is 4.51. The van der Waals surface area contributed by atoms with E-state index in [2.05, 4.69) is 17.1 Å². The molecule has 0 bridgehead atoms. The number of carbonyl (C=O) groups is 1. The number of phenolic OH excluding ortho intramolecular Hbond substituents is 1. The summed E-state index contributed by atoms with van der Waals surface area (Å²) in [5, 5.41) is 12.1. The summed E-state index contributed by atoms with van der Waals surface area (Å²) < 4.78 is 38.1. The van der Waals surface area contributed by atoms with Crippen molar-refractivity contribution in [2.75, 3.05) is 18.0 Å². The van der Waals surface area contributed by atoms with Crippen LogP contribution >= 0.6 is 0 Å². The summed E-state index contributed by atoms with van der Waals surface area (Å²) in [4.78, 5) is 13.9. The van der Waals surface area contributed by atoms with Gasteiger partial charge < -0.3 is 15.3 Å². The van der Waals surface area contributed by atoms with E-state index >= 15 is 0 Å². The first-order valence-electron chi connectivity index (χ1n) is 11.0. The van der Waals surface area contributed by atoms with E-state index in [1.165, 1.54) is 18.2 Å². The summed E-state index contributed by atoms with van der Waals surface area (Å²) in [5.41, 5.74) is 4.08. The zero-order chi connectivity index (χ0) is 24.3. The van der Waals surface area contributed by atoms with Gasteiger partial charge in [-0.15, -0.1) is 0 Å². The number of phenols is 1. The molecule has 1 aliphatic heterocycles. The SMILES string of the molecule is CC1(c2ccc(C=CC(=O)NCC(F)F)cc2)c2ccc(O)cc2CCN1c1ccc(F)cc1. The van der Waals surface area contributed by atoms with Crippen molar-refractivity contribution in [1.82, 2.24) is 5.32 Å². The van der Waals surface area contributed by atoms with Gasteiger partial charge in [-0.2, -0.15) is 0 Å².